The lowest BCUT2D eigenvalue weighted by Crippen LogP contribution is -2.28. The smallest absolute Gasteiger partial charge is 0.339 e. The van der Waals surface area contributed by atoms with Crippen LogP contribution in [-0.4, -0.2) is 42.6 Å². The molecular formula is C19H24O6S. The SMILES string of the molecule is Cc1ccc(S(=O)(=O)Oc2ccccc2CC(O)C(O)CCCO)cc1. The quantitative estimate of drug-likeness (QED) is 0.573. The maximum absolute atomic E-state index is 12.5. The average molecular weight is 380 g/mol. The van der Waals surface area contributed by atoms with Crippen molar-refractivity contribution in [3.05, 3.63) is 59.7 Å². The molecule has 2 unspecified atom stereocenters. The van der Waals surface area contributed by atoms with Crippen molar-refractivity contribution >= 4 is 10.1 Å². The van der Waals surface area contributed by atoms with E-state index in [1.807, 2.05) is 6.92 Å². The third kappa shape index (κ3) is 5.54. The molecule has 2 aromatic rings. The summed E-state index contributed by atoms with van der Waals surface area (Å²) in [5.74, 6) is 0.112. The molecule has 0 saturated carbocycles. The molecule has 0 aliphatic carbocycles. The van der Waals surface area contributed by atoms with Gasteiger partial charge in [-0.05, 0) is 43.5 Å². The zero-order chi connectivity index (χ0) is 19.2. The molecule has 2 rings (SSSR count). The third-order valence-corrected chi connectivity index (χ3v) is 5.26. The van der Waals surface area contributed by atoms with Crippen molar-refractivity contribution in [2.45, 2.75) is 43.3 Å². The van der Waals surface area contributed by atoms with Crippen LogP contribution in [0.3, 0.4) is 0 Å². The summed E-state index contributed by atoms with van der Waals surface area (Å²) in [5.41, 5.74) is 1.41. The summed E-state index contributed by atoms with van der Waals surface area (Å²) < 4.78 is 30.2. The summed E-state index contributed by atoms with van der Waals surface area (Å²) >= 11 is 0. The van der Waals surface area contributed by atoms with Gasteiger partial charge in [-0.25, -0.2) is 0 Å². The van der Waals surface area contributed by atoms with Gasteiger partial charge in [0.05, 0.1) is 12.2 Å². The van der Waals surface area contributed by atoms with Gasteiger partial charge in [0.25, 0.3) is 0 Å². The predicted molar refractivity (Wildman–Crippen MR) is 97.5 cm³/mol. The number of aliphatic hydroxyl groups excluding tert-OH is 3. The highest BCUT2D eigenvalue weighted by Gasteiger charge is 2.22. The Labute approximate surface area is 153 Å². The van der Waals surface area contributed by atoms with E-state index < -0.39 is 22.3 Å². The van der Waals surface area contributed by atoms with Gasteiger partial charge in [-0.15, -0.1) is 0 Å². The van der Waals surface area contributed by atoms with E-state index in [1.165, 1.54) is 18.2 Å². The minimum Gasteiger partial charge on any atom is -0.396 e. The fourth-order valence-electron chi connectivity index (χ4n) is 2.48. The van der Waals surface area contributed by atoms with Crippen LogP contribution in [0.25, 0.3) is 0 Å². The minimum absolute atomic E-state index is 0.0339. The molecule has 0 aromatic heterocycles. The molecule has 26 heavy (non-hydrogen) atoms. The van der Waals surface area contributed by atoms with Crippen molar-refractivity contribution in [2.24, 2.45) is 0 Å². The van der Waals surface area contributed by atoms with Gasteiger partial charge >= 0.3 is 10.1 Å². The van der Waals surface area contributed by atoms with Gasteiger partial charge in [0.2, 0.25) is 0 Å². The molecule has 0 radical (unpaired) electrons. The highest BCUT2D eigenvalue weighted by Crippen LogP contribution is 2.25. The van der Waals surface area contributed by atoms with Gasteiger partial charge in [0.15, 0.2) is 0 Å². The van der Waals surface area contributed by atoms with Crippen molar-refractivity contribution in [1.82, 2.24) is 0 Å². The molecule has 0 saturated heterocycles. The first kappa shape index (κ1) is 20.4. The zero-order valence-corrected chi connectivity index (χ0v) is 15.4. The van der Waals surface area contributed by atoms with E-state index in [4.69, 9.17) is 9.29 Å². The molecule has 0 fully saturated rings. The van der Waals surface area contributed by atoms with Crippen LogP contribution in [0.15, 0.2) is 53.4 Å². The van der Waals surface area contributed by atoms with E-state index in [0.29, 0.717) is 12.0 Å². The number of rotatable bonds is 9. The Bertz CT molecular complexity index is 801. The predicted octanol–water partition coefficient (Wildman–Crippen LogP) is 1.80. The van der Waals surface area contributed by atoms with Crippen LogP contribution in [0.2, 0.25) is 0 Å². The fourth-order valence-corrected chi connectivity index (χ4v) is 3.44. The lowest BCUT2D eigenvalue weighted by Gasteiger charge is -2.19. The standard InChI is InChI=1S/C19H24O6S/c1-14-8-10-16(11-9-14)26(23,24)25-19-7-3-2-5-15(19)13-18(22)17(21)6-4-12-20/h2-3,5,7-11,17-18,20-22H,4,6,12-13H2,1H3. The van der Waals surface area contributed by atoms with Crippen LogP contribution in [0.1, 0.15) is 24.0 Å². The summed E-state index contributed by atoms with van der Waals surface area (Å²) in [4.78, 5) is 0.0430. The highest BCUT2D eigenvalue weighted by molar-refractivity contribution is 7.87. The Kier molecular flexibility index (Phi) is 7.16. The Balaban J connectivity index is 2.17. The molecule has 3 N–H and O–H groups in total. The zero-order valence-electron chi connectivity index (χ0n) is 14.6. The van der Waals surface area contributed by atoms with Crippen molar-refractivity contribution < 1.29 is 27.9 Å². The lowest BCUT2D eigenvalue weighted by molar-refractivity contribution is 0.0115. The Morgan fingerprint density at radius 1 is 1.00 bits per heavy atom. The largest absolute Gasteiger partial charge is 0.396 e. The number of para-hydroxylation sites is 1. The first-order chi connectivity index (χ1) is 12.3. The fraction of sp³-hybridized carbons (Fsp3) is 0.368. The first-order valence-electron chi connectivity index (χ1n) is 8.39. The molecule has 6 nitrogen and oxygen atoms in total. The van der Waals surface area contributed by atoms with Gasteiger partial charge < -0.3 is 19.5 Å². The number of hydrogen-bond donors (Lipinski definition) is 3. The van der Waals surface area contributed by atoms with E-state index in [9.17, 15) is 18.6 Å². The normalized spacial score (nSPS) is 14.0. The number of hydrogen-bond acceptors (Lipinski definition) is 6. The van der Waals surface area contributed by atoms with E-state index in [-0.39, 0.29) is 30.1 Å². The molecule has 0 bridgehead atoms. The van der Waals surface area contributed by atoms with Gasteiger partial charge in [0, 0.05) is 13.0 Å². The first-order valence-corrected chi connectivity index (χ1v) is 9.80. The van der Waals surface area contributed by atoms with Crippen LogP contribution in [0, 0.1) is 6.92 Å². The molecular weight excluding hydrogens is 356 g/mol. The Hall–Kier alpha value is -1.93. The average Bonchev–Trinajstić information content (AvgIpc) is 2.61. The van der Waals surface area contributed by atoms with Gasteiger partial charge in [0.1, 0.15) is 10.6 Å². The maximum Gasteiger partial charge on any atom is 0.339 e. The molecule has 0 aliphatic rings. The third-order valence-electron chi connectivity index (χ3n) is 4.01. The molecule has 0 spiro atoms. The number of benzene rings is 2. The van der Waals surface area contributed by atoms with Crippen LogP contribution in [0.5, 0.6) is 5.75 Å². The monoisotopic (exact) mass is 380 g/mol. The summed E-state index contributed by atoms with van der Waals surface area (Å²) in [6.07, 6.45) is -1.44. The molecule has 0 heterocycles. The summed E-state index contributed by atoms with van der Waals surface area (Å²) in [6, 6.07) is 12.8. The Morgan fingerprint density at radius 3 is 2.31 bits per heavy atom. The highest BCUT2D eigenvalue weighted by atomic mass is 32.2. The summed E-state index contributed by atoms with van der Waals surface area (Å²) in [5, 5.41) is 28.9. The van der Waals surface area contributed by atoms with Gasteiger partial charge in [-0.2, -0.15) is 8.42 Å². The maximum atomic E-state index is 12.5. The van der Waals surface area contributed by atoms with E-state index in [0.717, 1.165) is 5.56 Å². The van der Waals surface area contributed by atoms with Crippen LogP contribution < -0.4 is 4.18 Å². The topological polar surface area (TPSA) is 104 Å². The molecule has 142 valence electrons. The molecule has 0 amide bonds. The van der Waals surface area contributed by atoms with Crippen molar-refractivity contribution in [3.8, 4) is 5.75 Å². The number of aryl methyl sites for hydroxylation is 1. The molecule has 0 aliphatic heterocycles. The van der Waals surface area contributed by atoms with E-state index in [2.05, 4.69) is 0 Å². The van der Waals surface area contributed by atoms with Crippen molar-refractivity contribution in [2.75, 3.05) is 6.61 Å². The second-order valence-electron chi connectivity index (χ2n) is 6.16. The van der Waals surface area contributed by atoms with Crippen LogP contribution in [-0.2, 0) is 16.5 Å². The minimum atomic E-state index is -4.00. The van der Waals surface area contributed by atoms with Crippen molar-refractivity contribution in [1.29, 1.82) is 0 Å². The molecule has 7 heteroatoms. The molecule has 2 aromatic carbocycles. The summed E-state index contributed by atoms with van der Waals surface area (Å²) in [6.45, 7) is 1.79. The van der Waals surface area contributed by atoms with Gasteiger partial charge in [-0.3, -0.25) is 0 Å². The van der Waals surface area contributed by atoms with E-state index in [1.54, 1.807) is 30.3 Å². The van der Waals surface area contributed by atoms with Gasteiger partial charge in [-0.1, -0.05) is 35.9 Å². The molecule has 2 atom stereocenters. The van der Waals surface area contributed by atoms with E-state index >= 15 is 0 Å². The summed E-state index contributed by atoms with van der Waals surface area (Å²) in [7, 11) is -4.00. The van der Waals surface area contributed by atoms with Crippen LogP contribution >= 0.6 is 0 Å². The second kappa shape index (κ2) is 9.14. The van der Waals surface area contributed by atoms with Crippen LogP contribution in [0.4, 0.5) is 0 Å². The Morgan fingerprint density at radius 2 is 1.65 bits per heavy atom. The second-order valence-corrected chi connectivity index (χ2v) is 7.71. The lowest BCUT2D eigenvalue weighted by atomic mass is 10.0. The number of aliphatic hydroxyl groups is 3. The van der Waals surface area contributed by atoms with Crippen molar-refractivity contribution in [3.63, 3.8) is 0 Å².